The van der Waals surface area contributed by atoms with E-state index in [4.69, 9.17) is 9.97 Å². The summed E-state index contributed by atoms with van der Waals surface area (Å²) in [7, 11) is 2.14. The molecule has 0 fully saturated rings. The summed E-state index contributed by atoms with van der Waals surface area (Å²) >= 11 is 3.56. The third kappa shape index (κ3) is 4.31. The number of rotatable bonds is 8. The van der Waals surface area contributed by atoms with Crippen LogP contribution in [-0.2, 0) is 6.54 Å². The molecule has 2 heterocycles. The van der Waals surface area contributed by atoms with Crippen LogP contribution < -0.4 is 5.32 Å². The minimum Gasteiger partial charge on any atom is -0.369 e. The molecule has 0 saturated carbocycles. The van der Waals surface area contributed by atoms with Crippen LogP contribution in [0, 0.1) is 0 Å². The maximum atomic E-state index is 4.73. The van der Waals surface area contributed by atoms with Gasteiger partial charge in [-0.15, -0.1) is 11.3 Å². The quantitative estimate of drug-likeness (QED) is 0.802. The summed E-state index contributed by atoms with van der Waals surface area (Å²) in [6, 6.07) is 2.62. The molecule has 0 aliphatic heterocycles. The Labute approximate surface area is 135 Å². The Kier molecular flexibility index (Phi) is 6.26. The Morgan fingerprint density at radius 1 is 1.43 bits per heavy atom. The van der Waals surface area contributed by atoms with Gasteiger partial charge in [-0.2, -0.15) is 11.8 Å². The highest BCUT2D eigenvalue weighted by molar-refractivity contribution is 7.98. The van der Waals surface area contributed by atoms with Crippen LogP contribution in [0.4, 0.5) is 5.82 Å². The lowest BCUT2D eigenvalue weighted by atomic mass is 10.3. The summed E-state index contributed by atoms with van der Waals surface area (Å²) in [5, 5.41) is 6.64. The van der Waals surface area contributed by atoms with Gasteiger partial charge in [0.15, 0.2) is 0 Å². The number of thiophene rings is 1. The Hall–Kier alpha value is -0.850. The van der Waals surface area contributed by atoms with Gasteiger partial charge in [0.2, 0.25) is 0 Å². The molecular weight excluding hydrogens is 300 g/mol. The Bertz CT molecular complexity index is 570. The van der Waals surface area contributed by atoms with Crippen molar-refractivity contribution < 1.29 is 0 Å². The second-order valence-electron chi connectivity index (χ2n) is 5.27. The first-order valence-electron chi connectivity index (χ1n) is 7.32. The highest BCUT2D eigenvalue weighted by atomic mass is 32.2. The Balaban J connectivity index is 2.19. The summed E-state index contributed by atoms with van der Waals surface area (Å²) in [4.78, 5) is 12.8. The van der Waals surface area contributed by atoms with Crippen molar-refractivity contribution in [1.82, 2.24) is 14.9 Å². The minimum absolute atomic E-state index is 0.523. The van der Waals surface area contributed by atoms with E-state index in [0.717, 1.165) is 47.1 Å². The third-order valence-electron chi connectivity index (χ3n) is 3.46. The number of aromatic nitrogens is 2. The van der Waals surface area contributed by atoms with Crippen LogP contribution in [0.25, 0.3) is 10.2 Å². The van der Waals surface area contributed by atoms with E-state index in [2.05, 4.69) is 48.8 Å². The lowest BCUT2D eigenvalue weighted by molar-refractivity contribution is 0.263. The van der Waals surface area contributed by atoms with Gasteiger partial charge in [-0.25, -0.2) is 9.97 Å². The Morgan fingerprint density at radius 2 is 2.24 bits per heavy atom. The molecule has 2 aromatic rings. The standard InChI is InChI=1S/C15H24N4S2/c1-5-7-16-14-12-6-8-21-15(12)18-13(17-14)9-19(3)11(2)10-20-4/h6,8,11H,5,7,9-10H2,1-4H3,(H,16,17,18). The topological polar surface area (TPSA) is 41.1 Å². The molecule has 0 aromatic carbocycles. The van der Waals surface area contributed by atoms with Gasteiger partial charge in [-0.3, -0.25) is 4.90 Å². The van der Waals surface area contributed by atoms with Gasteiger partial charge in [0.05, 0.1) is 11.9 Å². The van der Waals surface area contributed by atoms with Crippen LogP contribution >= 0.6 is 23.1 Å². The van der Waals surface area contributed by atoms with Crippen LogP contribution in [0.15, 0.2) is 11.4 Å². The van der Waals surface area contributed by atoms with Crippen molar-refractivity contribution in [3.63, 3.8) is 0 Å². The molecule has 1 atom stereocenters. The van der Waals surface area contributed by atoms with Crippen LogP contribution in [0.5, 0.6) is 0 Å². The van der Waals surface area contributed by atoms with Crippen molar-refractivity contribution >= 4 is 39.1 Å². The summed E-state index contributed by atoms with van der Waals surface area (Å²) in [6.45, 7) is 6.14. The molecule has 0 amide bonds. The molecule has 6 heteroatoms. The zero-order chi connectivity index (χ0) is 15.2. The lowest BCUT2D eigenvalue weighted by Crippen LogP contribution is -2.31. The molecule has 0 aliphatic carbocycles. The maximum Gasteiger partial charge on any atom is 0.146 e. The average molecular weight is 325 g/mol. The molecule has 0 aliphatic rings. The summed E-state index contributed by atoms with van der Waals surface area (Å²) < 4.78 is 0. The average Bonchev–Trinajstić information content (AvgIpc) is 2.93. The molecule has 0 radical (unpaired) electrons. The second-order valence-corrected chi connectivity index (χ2v) is 7.08. The second kappa shape index (κ2) is 7.96. The molecule has 2 rings (SSSR count). The first-order valence-corrected chi connectivity index (χ1v) is 9.60. The van der Waals surface area contributed by atoms with E-state index in [1.807, 2.05) is 11.8 Å². The van der Waals surface area contributed by atoms with Gasteiger partial charge in [0.1, 0.15) is 16.5 Å². The predicted molar refractivity (Wildman–Crippen MR) is 95.5 cm³/mol. The fourth-order valence-corrected chi connectivity index (χ4v) is 3.62. The zero-order valence-electron chi connectivity index (χ0n) is 13.2. The highest BCUT2D eigenvalue weighted by Gasteiger charge is 2.13. The summed E-state index contributed by atoms with van der Waals surface area (Å²) in [6.07, 6.45) is 3.24. The van der Waals surface area contributed by atoms with Crippen molar-refractivity contribution in [2.45, 2.75) is 32.9 Å². The van der Waals surface area contributed by atoms with Crippen LogP contribution in [-0.4, -0.2) is 46.5 Å². The molecule has 21 heavy (non-hydrogen) atoms. The van der Waals surface area contributed by atoms with Crippen molar-refractivity contribution in [3.05, 3.63) is 17.3 Å². The van der Waals surface area contributed by atoms with Gasteiger partial charge in [-0.1, -0.05) is 6.92 Å². The number of anilines is 1. The number of fused-ring (bicyclic) bond motifs is 1. The van der Waals surface area contributed by atoms with Gasteiger partial charge < -0.3 is 5.32 Å². The van der Waals surface area contributed by atoms with E-state index in [1.165, 1.54) is 0 Å². The molecule has 1 unspecified atom stereocenters. The van der Waals surface area contributed by atoms with Crippen molar-refractivity contribution in [1.29, 1.82) is 0 Å². The molecule has 4 nitrogen and oxygen atoms in total. The Morgan fingerprint density at radius 3 is 2.95 bits per heavy atom. The largest absolute Gasteiger partial charge is 0.369 e. The highest BCUT2D eigenvalue weighted by Crippen LogP contribution is 2.25. The normalized spacial score (nSPS) is 13.0. The zero-order valence-corrected chi connectivity index (χ0v) is 14.9. The van der Waals surface area contributed by atoms with Gasteiger partial charge in [0.25, 0.3) is 0 Å². The smallest absolute Gasteiger partial charge is 0.146 e. The maximum absolute atomic E-state index is 4.73. The van der Waals surface area contributed by atoms with Gasteiger partial charge >= 0.3 is 0 Å². The third-order valence-corrected chi connectivity index (χ3v) is 5.09. The fraction of sp³-hybridized carbons (Fsp3) is 0.600. The van der Waals surface area contributed by atoms with Crippen LogP contribution in [0.1, 0.15) is 26.1 Å². The van der Waals surface area contributed by atoms with E-state index < -0.39 is 0 Å². The summed E-state index contributed by atoms with van der Waals surface area (Å²) in [5.74, 6) is 3.00. The van der Waals surface area contributed by atoms with Gasteiger partial charge in [-0.05, 0) is 38.1 Å². The fourth-order valence-electron chi connectivity index (χ4n) is 2.10. The van der Waals surface area contributed by atoms with Crippen LogP contribution in [0.3, 0.4) is 0 Å². The van der Waals surface area contributed by atoms with Crippen LogP contribution in [0.2, 0.25) is 0 Å². The number of nitrogens with one attached hydrogen (secondary N) is 1. The van der Waals surface area contributed by atoms with E-state index in [-0.39, 0.29) is 0 Å². The number of nitrogens with zero attached hydrogens (tertiary/aromatic N) is 3. The van der Waals surface area contributed by atoms with Crippen molar-refractivity contribution in [3.8, 4) is 0 Å². The molecule has 1 N–H and O–H groups in total. The first kappa shape index (κ1) is 16.5. The minimum atomic E-state index is 0.523. The lowest BCUT2D eigenvalue weighted by Gasteiger charge is -2.23. The molecule has 0 spiro atoms. The SMILES string of the molecule is CCCNc1nc(CN(C)C(C)CSC)nc2sccc12. The van der Waals surface area contributed by atoms with E-state index in [9.17, 15) is 0 Å². The van der Waals surface area contributed by atoms with E-state index >= 15 is 0 Å². The monoisotopic (exact) mass is 324 g/mol. The number of hydrogen-bond donors (Lipinski definition) is 1. The van der Waals surface area contributed by atoms with Gasteiger partial charge in [0, 0.05) is 18.3 Å². The molecule has 0 saturated heterocycles. The predicted octanol–water partition coefficient (Wildman–Crippen LogP) is 3.70. The van der Waals surface area contributed by atoms with Crippen molar-refractivity contribution in [2.75, 3.05) is 30.9 Å². The number of thioether (sulfide) groups is 1. The van der Waals surface area contributed by atoms with E-state index in [0.29, 0.717) is 6.04 Å². The van der Waals surface area contributed by atoms with E-state index in [1.54, 1.807) is 11.3 Å². The van der Waals surface area contributed by atoms with Crippen molar-refractivity contribution in [2.24, 2.45) is 0 Å². The molecule has 116 valence electrons. The molecule has 0 bridgehead atoms. The molecule has 2 aromatic heterocycles. The first-order chi connectivity index (χ1) is 10.2. The number of hydrogen-bond acceptors (Lipinski definition) is 6. The summed E-state index contributed by atoms with van der Waals surface area (Å²) in [5.41, 5.74) is 0. The molecular formula is C15H24N4S2.